The molecule has 0 atom stereocenters. The van der Waals surface area contributed by atoms with Crippen LogP contribution in [0.1, 0.15) is 40.9 Å². The van der Waals surface area contributed by atoms with Crippen LogP contribution in [-0.2, 0) is 29.7 Å². The van der Waals surface area contributed by atoms with Gasteiger partial charge in [0.25, 0.3) is 16.1 Å². The third-order valence-corrected chi connectivity index (χ3v) is 6.62. The first-order valence-electron chi connectivity index (χ1n) is 9.64. The van der Waals surface area contributed by atoms with Crippen LogP contribution in [-0.4, -0.2) is 43.2 Å². The van der Waals surface area contributed by atoms with Gasteiger partial charge in [0.1, 0.15) is 0 Å². The Hall–Kier alpha value is -2.22. The highest BCUT2D eigenvalue weighted by atomic mass is 32.2. The fourth-order valence-electron chi connectivity index (χ4n) is 3.45. The molecule has 1 aliphatic heterocycles. The predicted octanol–water partition coefficient (Wildman–Crippen LogP) is 2.56. The van der Waals surface area contributed by atoms with Crippen molar-refractivity contribution in [3.63, 3.8) is 0 Å². The molecule has 28 heavy (non-hydrogen) atoms. The summed E-state index contributed by atoms with van der Waals surface area (Å²) in [6, 6.07) is 15.1. The van der Waals surface area contributed by atoms with Crippen LogP contribution in [0, 0.1) is 0 Å². The summed E-state index contributed by atoms with van der Waals surface area (Å²) in [5, 5.41) is 0. The topological polar surface area (TPSA) is 69.7 Å². The van der Waals surface area contributed by atoms with Crippen molar-refractivity contribution >= 4 is 16.1 Å². The van der Waals surface area contributed by atoms with Gasteiger partial charge < -0.3 is 4.90 Å². The number of hydrogen-bond acceptors (Lipinski definition) is 3. The SMILES string of the molecule is CCN(CC)C(=O)c1cccc(CNS(=O)(=O)N2CCc3ccccc3C2)c1. The molecule has 0 aliphatic carbocycles. The van der Waals surface area contributed by atoms with Gasteiger partial charge in [-0.25, -0.2) is 0 Å². The zero-order chi connectivity index (χ0) is 20.1. The summed E-state index contributed by atoms with van der Waals surface area (Å²) in [4.78, 5) is 14.2. The normalized spacial score (nSPS) is 14.5. The molecule has 6 nitrogen and oxygen atoms in total. The van der Waals surface area contributed by atoms with Gasteiger partial charge in [-0.1, -0.05) is 36.4 Å². The van der Waals surface area contributed by atoms with E-state index in [2.05, 4.69) is 4.72 Å². The molecule has 150 valence electrons. The monoisotopic (exact) mass is 401 g/mol. The first-order valence-corrected chi connectivity index (χ1v) is 11.1. The Morgan fingerprint density at radius 3 is 2.50 bits per heavy atom. The zero-order valence-corrected chi connectivity index (χ0v) is 17.2. The fraction of sp³-hybridized carbons (Fsp3) is 0.381. The van der Waals surface area contributed by atoms with Crippen molar-refractivity contribution in [1.29, 1.82) is 0 Å². The zero-order valence-electron chi connectivity index (χ0n) is 16.4. The van der Waals surface area contributed by atoms with Crippen LogP contribution in [0.2, 0.25) is 0 Å². The molecule has 2 aromatic rings. The lowest BCUT2D eigenvalue weighted by molar-refractivity contribution is 0.0773. The number of carbonyl (C=O) groups excluding carboxylic acids is 1. The van der Waals surface area contributed by atoms with E-state index in [0.717, 1.165) is 11.1 Å². The Kier molecular flexibility index (Phi) is 6.49. The number of amides is 1. The van der Waals surface area contributed by atoms with E-state index < -0.39 is 10.2 Å². The first kappa shape index (κ1) is 20.5. The van der Waals surface area contributed by atoms with Crippen molar-refractivity contribution in [2.24, 2.45) is 0 Å². The number of hydrogen-bond donors (Lipinski definition) is 1. The van der Waals surface area contributed by atoms with Crippen molar-refractivity contribution in [1.82, 2.24) is 13.9 Å². The molecular weight excluding hydrogens is 374 g/mol. The van der Waals surface area contributed by atoms with E-state index in [4.69, 9.17) is 0 Å². The highest BCUT2D eigenvalue weighted by Crippen LogP contribution is 2.20. The largest absolute Gasteiger partial charge is 0.339 e. The van der Waals surface area contributed by atoms with Crippen molar-refractivity contribution in [2.45, 2.75) is 33.4 Å². The van der Waals surface area contributed by atoms with Crippen LogP contribution < -0.4 is 4.72 Å². The van der Waals surface area contributed by atoms with Gasteiger partial charge >= 0.3 is 0 Å². The Morgan fingerprint density at radius 1 is 1.07 bits per heavy atom. The number of rotatable bonds is 7. The molecule has 1 amide bonds. The molecule has 0 aromatic heterocycles. The minimum Gasteiger partial charge on any atom is -0.339 e. The predicted molar refractivity (Wildman–Crippen MR) is 110 cm³/mol. The molecule has 1 heterocycles. The lowest BCUT2D eigenvalue weighted by Gasteiger charge is -2.28. The van der Waals surface area contributed by atoms with Crippen LogP contribution in [0.25, 0.3) is 0 Å². The molecule has 0 spiro atoms. The van der Waals surface area contributed by atoms with Crippen molar-refractivity contribution < 1.29 is 13.2 Å². The van der Waals surface area contributed by atoms with E-state index in [1.807, 2.05) is 44.2 Å². The quantitative estimate of drug-likeness (QED) is 0.775. The lowest BCUT2D eigenvalue weighted by Crippen LogP contribution is -2.43. The number of fused-ring (bicyclic) bond motifs is 1. The van der Waals surface area contributed by atoms with Crippen molar-refractivity contribution in [3.8, 4) is 0 Å². The maximum Gasteiger partial charge on any atom is 0.280 e. The molecule has 0 bridgehead atoms. The van der Waals surface area contributed by atoms with Gasteiger partial charge in [0, 0.05) is 38.3 Å². The van der Waals surface area contributed by atoms with E-state index in [1.54, 1.807) is 23.1 Å². The Bertz CT molecular complexity index is 939. The Morgan fingerprint density at radius 2 is 1.79 bits per heavy atom. The molecule has 0 saturated carbocycles. The third-order valence-electron chi connectivity index (χ3n) is 5.12. The fourth-order valence-corrected chi connectivity index (χ4v) is 4.62. The molecule has 0 radical (unpaired) electrons. The van der Waals surface area contributed by atoms with Crippen LogP contribution in [0.4, 0.5) is 0 Å². The molecule has 1 aliphatic rings. The summed E-state index contributed by atoms with van der Waals surface area (Å²) >= 11 is 0. The maximum absolute atomic E-state index is 12.7. The highest BCUT2D eigenvalue weighted by Gasteiger charge is 2.26. The highest BCUT2D eigenvalue weighted by molar-refractivity contribution is 7.87. The van der Waals surface area contributed by atoms with E-state index in [1.165, 1.54) is 9.87 Å². The number of nitrogens with one attached hydrogen (secondary N) is 1. The summed E-state index contributed by atoms with van der Waals surface area (Å²) in [5.41, 5.74) is 3.59. The molecule has 0 saturated heterocycles. The average molecular weight is 402 g/mol. The first-order chi connectivity index (χ1) is 13.4. The molecule has 7 heteroatoms. The Balaban J connectivity index is 1.67. The van der Waals surface area contributed by atoms with Crippen LogP contribution >= 0.6 is 0 Å². The van der Waals surface area contributed by atoms with Gasteiger partial charge in [-0.05, 0) is 49.1 Å². The summed E-state index contributed by atoms with van der Waals surface area (Å²) in [7, 11) is -3.60. The maximum atomic E-state index is 12.7. The summed E-state index contributed by atoms with van der Waals surface area (Å²) in [5.74, 6) is -0.0395. The molecule has 2 aromatic carbocycles. The standard InChI is InChI=1S/C21H27N3O3S/c1-3-23(4-2)21(25)19-11-7-8-17(14-19)15-22-28(26,27)24-13-12-18-9-5-6-10-20(18)16-24/h5-11,14,22H,3-4,12-13,15-16H2,1-2H3. The number of nitrogens with zero attached hydrogens (tertiary/aromatic N) is 2. The van der Waals surface area contributed by atoms with E-state index in [9.17, 15) is 13.2 Å². The van der Waals surface area contributed by atoms with Gasteiger partial charge in [-0.15, -0.1) is 0 Å². The van der Waals surface area contributed by atoms with Gasteiger partial charge in [0.15, 0.2) is 0 Å². The minimum atomic E-state index is -3.60. The van der Waals surface area contributed by atoms with E-state index in [0.29, 0.717) is 38.2 Å². The molecule has 3 rings (SSSR count). The summed E-state index contributed by atoms with van der Waals surface area (Å²) < 4.78 is 29.6. The van der Waals surface area contributed by atoms with Crippen LogP contribution in [0.5, 0.6) is 0 Å². The Labute approximate surface area is 167 Å². The molecular formula is C21H27N3O3S. The third kappa shape index (κ3) is 4.60. The second-order valence-corrected chi connectivity index (χ2v) is 8.61. The number of benzene rings is 2. The van der Waals surface area contributed by atoms with Crippen molar-refractivity contribution in [2.75, 3.05) is 19.6 Å². The van der Waals surface area contributed by atoms with Crippen molar-refractivity contribution in [3.05, 3.63) is 70.8 Å². The summed E-state index contributed by atoms with van der Waals surface area (Å²) in [6.07, 6.45) is 0.713. The summed E-state index contributed by atoms with van der Waals surface area (Å²) in [6.45, 7) is 6.16. The van der Waals surface area contributed by atoms with E-state index in [-0.39, 0.29) is 12.5 Å². The van der Waals surface area contributed by atoms with Gasteiger partial charge in [-0.2, -0.15) is 17.4 Å². The van der Waals surface area contributed by atoms with E-state index >= 15 is 0 Å². The smallest absolute Gasteiger partial charge is 0.280 e. The minimum absolute atomic E-state index is 0.0395. The van der Waals surface area contributed by atoms with Crippen LogP contribution in [0.15, 0.2) is 48.5 Å². The lowest BCUT2D eigenvalue weighted by atomic mass is 10.0. The average Bonchev–Trinajstić information content (AvgIpc) is 2.73. The number of carbonyl (C=O) groups is 1. The molecule has 1 N–H and O–H groups in total. The van der Waals surface area contributed by atoms with Crippen LogP contribution in [0.3, 0.4) is 0 Å². The second kappa shape index (κ2) is 8.86. The van der Waals surface area contributed by atoms with Gasteiger partial charge in [0.05, 0.1) is 0 Å². The van der Waals surface area contributed by atoms with Gasteiger partial charge in [-0.3, -0.25) is 4.79 Å². The molecule has 0 fully saturated rings. The second-order valence-electron chi connectivity index (χ2n) is 6.86. The molecule has 0 unspecified atom stereocenters. The van der Waals surface area contributed by atoms with Gasteiger partial charge in [0.2, 0.25) is 0 Å².